The average molecular weight is 481 g/mol. The molecule has 1 saturated heterocycles. The number of nitrogens with zero attached hydrogens (tertiary/aromatic N) is 1. The molecule has 0 saturated carbocycles. The van der Waals surface area contributed by atoms with E-state index in [1.165, 1.54) is 12.5 Å². The molecule has 0 aliphatic carbocycles. The van der Waals surface area contributed by atoms with Gasteiger partial charge in [-0.25, -0.2) is 9.78 Å². The minimum absolute atomic E-state index is 0.116. The predicted octanol–water partition coefficient (Wildman–Crippen LogP) is -1.24. The van der Waals surface area contributed by atoms with Gasteiger partial charge in [-0.15, -0.1) is 0 Å². The summed E-state index contributed by atoms with van der Waals surface area (Å²) in [7, 11) is 0. The first kappa shape index (κ1) is 26.8. The van der Waals surface area contributed by atoms with E-state index in [9.17, 15) is 34.2 Å². The number of amides is 3. The Kier molecular flexibility index (Phi) is 9.98. The molecule has 1 fully saturated rings. The predicted molar refractivity (Wildman–Crippen MR) is 118 cm³/mol. The van der Waals surface area contributed by atoms with Gasteiger partial charge >= 0.3 is 11.9 Å². The van der Waals surface area contributed by atoms with Gasteiger partial charge in [0.15, 0.2) is 0 Å². The maximum Gasteiger partial charge on any atom is 0.326 e. The first-order chi connectivity index (χ1) is 16.1. The largest absolute Gasteiger partial charge is 0.481 e. The second kappa shape index (κ2) is 12.7. The molecule has 3 amide bonds. The van der Waals surface area contributed by atoms with Crippen LogP contribution in [0.4, 0.5) is 0 Å². The second-order valence-electron chi connectivity index (χ2n) is 8.36. The number of nitrogens with one attached hydrogen (secondary N) is 5. The van der Waals surface area contributed by atoms with Gasteiger partial charge in [-0.2, -0.15) is 0 Å². The summed E-state index contributed by atoms with van der Waals surface area (Å²) in [5.74, 6) is -5.03. The lowest BCUT2D eigenvalue weighted by Gasteiger charge is -2.27. The van der Waals surface area contributed by atoms with Crippen LogP contribution in [0.2, 0.25) is 0 Å². The van der Waals surface area contributed by atoms with E-state index in [4.69, 9.17) is 0 Å². The number of carboxylic acids is 2. The van der Waals surface area contributed by atoms with Crippen LogP contribution in [0.3, 0.4) is 0 Å². The molecular formula is C21H32N6O7. The van der Waals surface area contributed by atoms with Crippen LogP contribution in [0.1, 0.15) is 45.2 Å². The summed E-state index contributed by atoms with van der Waals surface area (Å²) in [6.07, 6.45) is 3.89. The van der Waals surface area contributed by atoms with Crippen LogP contribution in [0, 0.1) is 5.92 Å². The summed E-state index contributed by atoms with van der Waals surface area (Å²) >= 11 is 0. The third kappa shape index (κ3) is 7.83. The first-order valence-electron chi connectivity index (χ1n) is 11.2. The van der Waals surface area contributed by atoms with Crippen LogP contribution in [0.5, 0.6) is 0 Å². The first-order valence-corrected chi connectivity index (χ1v) is 11.2. The molecule has 13 nitrogen and oxygen atoms in total. The molecule has 1 aliphatic heterocycles. The van der Waals surface area contributed by atoms with E-state index in [-0.39, 0.29) is 18.2 Å². The Morgan fingerprint density at radius 2 is 1.82 bits per heavy atom. The maximum atomic E-state index is 13.0. The highest BCUT2D eigenvalue weighted by Gasteiger charge is 2.34. The monoisotopic (exact) mass is 480 g/mol. The Hall–Kier alpha value is -3.48. The van der Waals surface area contributed by atoms with Crippen molar-refractivity contribution in [2.24, 2.45) is 5.92 Å². The number of rotatable bonds is 13. The van der Waals surface area contributed by atoms with Gasteiger partial charge in [0.05, 0.1) is 18.8 Å². The van der Waals surface area contributed by atoms with Gasteiger partial charge in [0, 0.05) is 18.3 Å². The lowest BCUT2D eigenvalue weighted by Crippen LogP contribution is -2.59. The molecule has 0 radical (unpaired) electrons. The normalized spacial score (nSPS) is 18.8. The number of imidazole rings is 1. The number of aromatic amines is 1. The van der Waals surface area contributed by atoms with E-state index in [2.05, 4.69) is 31.2 Å². The minimum Gasteiger partial charge on any atom is -0.481 e. The van der Waals surface area contributed by atoms with Crippen LogP contribution in [0.25, 0.3) is 0 Å². The number of aromatic nitrogens is 2. The van der Waals surface area contributed by atoms with Crippen molar-refractivity contribution in [2.75, 3.05) is 6.54 Å². The Labute approximate surface area is 196 Å². The van der Waals surface area contributed by atoms with Gasteiger partial charge in [-0.3, -0.25) is 19.2 Å². The standard InChI is InChI=1S/C21H32N6O7/c1-3-11(2)17(27-18(30)13-5-4-6-23-13)20(32)25-14(8-16(28)29)19(31)26-15(21(33)34)7-12-9-22-10-24-12/h9-11,13-15,17,23H,3-8H2,1-2H3,(H,22,24)(H,25,32)(H,26,31)(H,27,30)(H,28,29)(H,33,34). The van der Waals surface area contributed by atoms with E-state index in [1.807, 2.05) is 6.92 Å². The molecule has 2 rings (SSSR count). The Balaban J connectivity index is 2.12. The summed E-state index contributed by atoms with van der Waals surface area (Å²) in [4.78, 5) is 67.8. The summed E-state index contributed by atoms with van der Waals surface area (Å²) in [5.41, 5.74) is 0.451. The highest BCUT2D eigenvalue weighted by atomic mass is 16.4. The minimum atomic E-state index is -1.54. The van der Waals surface area contributed by atoms with Crippen molar-refractivity contribution in [3.05, 3.63) is 18.2 Å². The van der Waals surface area contributed by atoms with Crippen molar-refractivity contribution in [1.82, 2.24) is 31.2 Å². The third-order valence-corrected chi connectivity index (χ3v) is 5.78. The smallest absolute Gasteiger partial charge is 0.326 e. The molecule has 13 heteroatoms. The van der Waals surface area contributed by atoms with Crippen LogP contribution in [-0.4, -0.2) is 80.6 Å². The SMILES string of the molecule is CCC(C)C(NC(=O)C1CCCN1)C(=O)NC(CC(=O)O)C(=O)NC(Cc1cnc[nH]1)C(=O)O. The third-order valence-electron chi connectivity index (χ3n) is 5.78. The summed E-state index contributed by atoms with van der Waals surface area (Å²) in [6.45, 7) is 4.28. The topological polar surface area (TPSA) is 203 Å². The number of hydrogen-bond acceptors (Lipinski definition) is 7. The van der Waals surface area contributed by atoms with Gasteiger partial charge in [-0.05, 0) is 25.3 Å². The van der Waals surface area contributed by atoms with Crippen molar-refractivity contribution in [2.45, 2.75) is 70.1 Å². The highest BCUT2D eigenvalue weighted by Crippen LogP contribution is 2.12. The average Bonchev–Trinajstić information content (AvgIpc) is 3.49. The molecule has 0 spiro atoms. The zero-order valence-corrected chi connectivity index (χ0v) is 19.2. The van der Waals surface area contributed by atoms with E-state index in [0.29, 0.717) is 25.1 Å². The molecular weight excluding hydrogens is 448 g/mol. The number of hydrogen-bond donors (Lipinski definition) is 7. The number of aliphatic carboxylic acids is 2. The number of H-pyrrole nitrogens is 1. The van der Waals surface area contributed by atoms with Gasteiger partial charge in [0.2, 0.25) is 17.7 Å². The fourth-order valence-corrected chi connectivity index (χ4v) is 3.60. The number of carboxylic acid groups (broad SMARTS) is 2. The van der Waals surface area contributed by atoms with Crippen LogP contribution in [0.15, 0.2) is 12.5 Å². The maximum absolute atomic E-state index is 13.0. The Morgan fingerprint density at radius 1 is 1.12 bits per heavy atom. The summed E-state index contributed by atoms with van der Waals surface area (Å²) in [6, 6.07) is -4.33. The number of carbonyl (C=O) groups is 5. The van der Waals surface area contributed by atoms with Crippen LogP contribution < -0.4 is 21.3 Å². The molecule has 5 unspecified atom stereocenters. The van der Waals surface area contributed by atoms with Gasteiger partial charge < -0.3 is 36.5 Å². The molecule has 5 atom stereocenters. The molecule has 1 aliphatic rings. The molecule has 7 N–H and O–H groups in total. The molecule has 1 aromatic rings. The van der Waals surface area contributed by atoms with E-state index in [0.717, 1.165) is 6.42 Å². The van der Waals surface area contributed by atoms with Gasteiger partial charge in [0.25, 0.3) is 0 Å². The number of carbonyl (C=O) groups excluding carboxylic acids is 3. The van der Waals surface area contributed by atoms with Gasteiger partial charge in [0.1, 0.15) is 18.1 Å². The van der Waals surface area contributed by atoms with E-state index >= 15 is 0 Å². The van der Waals surface area contributed by atoms with Crippen molar-refractivity contribution in [1.29, 1.82) is 0 Å². The molecule has 188 valence electrons. The molecule has 34 heavy (non-hydrogen) atoms. The van der Waals surface area contributed by atoms with Crippen molar-refractivity contribution < 1.29 is 34.2 Å². The molecule has 1 aromatic heterocycles. The second-order valence-corrected chi connectivity index (χ2v) is 8.36. The Bertz CT molecular complexity index is 869. The van der Waals surface area contributed by atoms with Crippen LogP contribution >= 0.6 is 0 Å². The molecule has 2 heterocycles. The fourth-order valence-electron chi connectivity index (χ4n) is 3.60. The van der Waals surface area contributed by atoms with Gasteiger partial charge in [-0.1, -0.05) is 20.3 Å². The zero-order valence-electron chi connectivity index (χ0n) is 19.2. The van der Waals surface area contributed by atoms with Crippen molar-refractivity contribution >= 4 is 29.7 Å². The van der Waals surface area contributed by atoms with Crippen molar-refractivity contribution in [3.63, 3.8) is 0 Å². The summed E-state index contributed by atoms with van der Waals surface area (Å²) < 4.78 is 0. The van der Waals surface area contributed by atoms with Crippen LogP contribution in [-0.2, 0) is 30.4 Å². The molecule has 0 bridgehead atoms. The quantitative estimate of drug-likeness (QED) is 0.180. The lowest BCUT2D eigenvalue weighted by atomic mass is 9.97. The Morgan fingerprint density at radius 3 is 2.35 bits per heavy atom. The lowest BCUT2D eigenvalue weighted by molar-refractivity contribution is -0.143. The highest BCUT2D eigenvalue weighted by molar-refractivity contribution is 5.95. The molecule has 0 aromatic carbocycles. The fraction of sp³-hybridized carbons (Fsp3) is 0.619. The summed E-state index contributed by atoms with van der Waals surface area (Å²) in [5, 5.41) is 29.1. The van der Waals surface area contributed by atoms with E-state index in [1.54, 1.807) is 6.92 Å². The van der Waals surface area contributed by atoms with E-state index < -0.39 is 54.3 Å². The van der Waals surface area contributed by atoms with Crippen molar-refractivity contribution in [3.8, 4) is 0 Å². The zero-order chi connectivity index (χ0) is 25.3.